The van der Waals surface area contributed by atoms with Gasteiger partial charge in [0.15, 0.2) is 5.82 Å². The molecule has 29 heavy (non-hydrogen) atoms. The summed E-state index contributed by atoms with van der Waals surface area (Å²) < 4.78 is 7.63. The van der Waals surface area contributed by atoms with Crippen LogP contribution in [0.3, 0.4) is 0 Å². The highest BCUT2D eigenvalue weighted by atomic mass is 35.5. The van der Waals surface area contributed by atoms with Crippen LogP contribution < -0.4 is 10.1 Å². The SMILES string of the molecule is O=c1/c(=C/c2ccc(-c3ccccc3Cl)o2)sc2nc(-c3cccc(Cl)c3)nn12. The molecule has 0 N–H and O–H groups in total. The highest BCUT2D eigenvalue weighted by Gasteiger charge is 2.13. The summed E-state index contributed by atoms with van der Waals surface area (Å²) >= 11 is 13.5. The fraction of sp³-hybridized carbons (Fsp3) is 0. The zero-order valence-electron chi connectivity index (χ0n) is 14.7. The van der Waals surface area contributed by atoms with Crippen LogP contribution in [-0.2, 0) is 0 Å². The van der Waals surface area contributed by atoms with Crippen LogP contribution in [0.4, 0.5) is 0 Å². The first-order valence-corrected chi connectivity index (χ1v) is 10.2. The van der Waals surface area contributed by atoms with Gasteiger partial charge in [-0.3, -0.25) is 4.79 Å². The predicted octanol–water partition coefficient (Wildman–Crippen LogP) is 4.93. The molecule has 0 radical (unpaired) electrons. The summed E-state index contributed by atoms with van der Waals surface area (Å²) in [4.78, 5) is 17.7. The normalized spacial score (nSPS) is 12.1. The van der Waals surface area contributed by atoms with Gasteiger partial charge in [-0.15, -0.1) is 5.10 Å². The quantitative estimate of drug-likeness (QED) is 0.399. The molecule has 5 nitrogen and oxygen atoms in total. The number of furan rings is 1. The van der Waals surface area contributed by atoms with Gasteiger partial charge in [0.05, 0.1) is 5.02 Å². The molecule has 0 fully saturated rings. The van der Waals surface area contributed by atoms with Gasteiger partial charge < -0.3 is 4.42 Å². The van der Waals surface area contributed by atoms with Crippen molar-refractivity contribution in [2.75, 3.05) is 0 Å². The van der Waals surface area contributed by atoms with E-state index >= 15 is 0 Å². The second kappa shape index (κ2) is 7.15. The molecule has 0 aliphatic rings. The Bertz CT molecular complexity index is 1470. The lowest BCUT2D eigenvalue weighted by atomic mass is 10.2. The van der Waals surface area contributed by atoms with Crippen molar-refractivity contribution < 1.29 is 4.42 Å². The van der Waals surface area contributed by atoms with Gasteiger partial charge in [-0.2, -0.15) is 9.50 Å². The van der Waals surface area contributed by atoms with Crippen LogP contribution in [0.5, 0.6) is 0 Å². The Balaban J connectivity index is 1.54. The van der Waals surface area contributed by atoms with Crippen LogP contribution in [0.25, 0.3) is 33.7 Å². The van der Waals surface area contributed by atoms with E-state index in [1.54, 1.807) is 30.3 Å². The smallest absolute Gasteiger partial charge is 0.291 e. The molecular formula is C21H11Cl2N3O2S. The maximum atomic E-state index is 12.7. The summed E-state index contributed by atoms with van der Waals surface area (Å²) in [7, 11) is 0. The fourth-order valence-electron chi connectivity index (χ4n) is 2.95. The van der Waals surface area contributed by atoms with Gasteiger partial charge in [0.1, 0.15) is 16.1 Å². The molecule has 0 atom stereocenters. The molecule has 0 saturated heterocycles. The van der Waals surface area contributed by atoms with E-state index in [1.807, 2.05) is 36.4 Å². The number of thiazole rings is 1. The average Bonchev–Trinajstić information content (AvgIpc) is 3.40. The third-order valence-electron chi connectivity index (χ3n) is 4.30. The van der Waals surface area contributed by atoms with E-state index in [2.05, 4.69) is 10.1 Å². The minimum absolute atomic E-state index is 0.249. The molecule has 0 amide bonds. The van der Waals surface area contributed by atoms with Crippen molar-refractivity contribution in [3.8, 4) is 22.7 Å². The van der Waals surface area contributed by atoms with E-state index in [4.69, 9.17) is 27.6 Å². The molecule has 3 heterocycles. The number of benzene rings is 2. The fourth-order valence-corrected chi connectivity index (χ4v) is 4.26. The van der Waals surface area contributed by atoms with Crippen molar-refractivity contribution >= 4 is 45.6 Å². The van der Waals surface area contributed by atoms with Gasteiger partial charge in [0.2, 0.25) is 4.96 Å². The lowest BCUT2D eigenvalue weighted by Gasteiger charge is -1.98. The third-order valence-corrected chi connectivity index (χ3v) is 5.83. The summed E-state index contributed by atoms with van der Waals surface area (Å²) in [5.74, 6) is 1.65. The van der Waals surface area contributed by atoms with Crippen molar-refractivity contribution in [1.29, 1.82) is 0 Å². The van der Waals surface area contributed by atoms with Gasteiger partial charge in [-0.25, -0.2) is 0 Å². The zero-order valence-corrected chi connectivity index (χ0v) is 17.0. The molecule has 0 unspecified atom stereocenters. The number of hydrogen-bond acceptors (Lipinski definition) is 5. The standard InChI is InChI=1S/C21H11Cl2N3O2S/c22-13-5-3-4-12(10-13)19-24-21-26(25-19)20(27)18(29-21)11-14-8-9-17(28-14)15-6-1-2-7-16(15)23/h1-11H/b18-11-. The number of halogens is 2. The van der Waals surface area contributed by atoms with E-state index in [0.717, 1.165) is 11.1 Å². The molecule has 5 aromatic rings. The number of hydrogen-bond donors (Lipinski definition) is 0. The van der Waals surface area contributed by atoms with Gasteiger partial charge in [-0.05, 0) is 36.4 Å². The first kappa shape index (κ1) is 18.1. The maximum absolute atomic E-state index is 12.7. The number of aromatic nitrogens is 3. The molecule has 0 aliphatic heterocycles. The van der Waals surface area contributed by atoms with Crippen LogP contribution in [0.1, 0.15) is 5.76 Å². The Hall–Kier alpha value is -2.93. The summed E-state index contributed by atoms with van der Waals surface area (Å²) in [5, 5.41) is 5.52. The molecule has 2 aromatic carbocycles. The predicted molar refractivity (Wildman–Crippen MR) is 116 cm³/mol. The van der Waals surface area contributed by atoms with Gasteiger partial charge in [0.25, 0.3) is 5.56 Å². The lowest BCUT2D eigenvalue weighted by Crippen LogP contribution is -2.23. The van der Waals surface area contributed by atoms with Crippen LogP contribution in [0.15, 0.2) is 69.9 Å². The lowest BCUT2D eigenvalue weighted by molar-refractivity contribution is 0.571. The Morgan fingerprint density at radius 1 is 1.03 bits per heavy atom. The van der Waals surface area contributed by atoms with Crippen LogP contribution in [0, 0.1) is 0 Å². The monoisotopic (exact) mass is 439 g/mol. The van der Waals surface area contributed by atoms with Gasteiger partial charge in [-0.1, -0.05) is 58.8 Å². The Kier molecular flexibility index (Phi) is 4.47. The van der Waals surface area contributed by atoms with E-state index in [1.165, 1.54) is 15.9 Å². The second-order valence-electron chi connectivity index (χ2n) is 6.24. The second-order valence-corrected chi connectivity index (χ2v) is 8.09. The third kappa shape index (κ3) is 3.35. The Morgan fingerprint density at radius 2 is 1.90 bits per heavy atom. The first-order chi connectivity index (χ1) is 14.1. The molecule has 0 aliphatic carbocycles. The van der Waals surface area contributed by atoms with Crippen molar-refractivity contribution in [3.05, 3.63) is 91.4 Å². The molecule has 3 aromatic heterocycles. The van der Waals surface area contributed by atoms with Crippen molar-refractivity contribution in [3.63, 3.8) is 0 Å². The summed E-state index contributed by atoms with van der Waals surface area (Å²) in [5.41, 5.74) is 1.31. The number of rotatable bonds is 3. The van der Waals surface area contributed by atoms with E-state index in [9.17, 15) is 4.79 Å². The Labute approximate surface area is 178 Å². The van der Waals surface area contributed by atoms with Gasteiger partial charge >= 0.3 is 0 Å². The first-order valence-electron chi connectivity index (χ1n) is 8.60. The van der Waals surface area contributed by atoms with E-state index < -0.39 is 0 Å². The van der Waals surface area contributed by atoms with Crippen molar-refractivity contribution in [2.24, 2.45) is 0 Å². The molecule has 5 rings (SSSR count). The highest BCUT2D eigenvalue weighted by Crippen LogP contribution is 2.29. The molecular weight excluding hydrogens is 429 g/mol. The topological polar surface area (TPSA) is 60.4 Å². The molecule has 0 spiro atoms. The molecule has 0 saturated carbocycles. The Morgan fingerprint density at radius 3 is 2.69 bits per heavy atom. The molecule has 142 valence electrons. The van der Waals surface area contributed by atoms with Gasteiger partial charge in [0, 0.05) is 22.2 Å². The zero-order chi connectivity index (χ0) is 20.0. The van der Waals surface area contributed by atoms with Crippen LogP contribution >= 0.6 is 34.5 Å². The molecule has 0 bridgehead atoms. The van der Waals surface area contributed by atoms with E-state index in [-0.39, 0.29) is 5.56 Å². The highest BCUT2D eigenvalue weighted by molar-refractivity contribution is 7.15. The van der Waals surface area contributed by atoms with Crippen LogP contribution in [0.2, 0.25) is 10.0 Å². The number of fused-ring (bicyclic) bond motifs is 1. The maximum Gasteiger partial charge on any atom is 0.291 e. The van der Waals surface area contributed by atoms with E-state index in [0.29, 0.717) is 36.9 Å². The van der Waals surface area contributed by atoms with Crippen LogP contribution in [-0.4, -0.2) is 14.6 Å². The summed E-state index contributed by atoms with van der Waals surface area (Å²) in [6.07, 6.45) is 1.68. The van der Waals surface area contributed by atoms with Crippen molar-refractivity contribution in [1.82, 2.24) is 14.6 Å². The summed E-state index contributed by atoms with van der Waals surface area (Å²) in [6, 6.07) is 18.3. The van der Waals surface area contributed by atoms with Crippen molar-refractivity contribution in [2.45, 2.75) is 0 Å². The molecule has 8 heteroatoms. The average molecular weight is 440 g/mol. The minimum atomic E-state index is -0.249. The summed E-state index contributed by atoms with van der Waals surface area (Å²) in [6.45, 7) is 0. The minimum Gasteiger partial charge on any atom is -0.457 e. The number of nitrogens with zero attached hydrogens (tertiary/aromatic N) is 3. The largest absolute Gasteiger partial charge is 0.457 e.